The standard InChI is InChI=1S/C13H16N2O2/c1-2-3-11-13(17)15-12(14-11)8-9-4-6-10(16)7-5-9/h4-7,11,16H,2-3,8H2,1H3,(H,14,15,17). The van der Waals surface area contributed by atoms with Gasteiger partial charge in [0.25, 0.3) is 0 Å². The molecule has 90 valence electrons. The average Bonchev–Trinajstić information content (AvgIpc) is 2.63. The minimum Gasteiger partial charge on any atom is -0.508 e. The van der Waals surface area contributed by atoms with Crippen LogP contribution < -0.4 is 5.32 Å². The maximum atomic E-state index is 11.6. The Morgan fingerprint density at radius 2 is 2.06 bits per heavy atom. The lowest BCUT2D eigenvalue weighted by Crippen LogP contribution is -2.29. The Morgan fingerprint density at radius 3 is 2.71 bits per heavy atom. The van der Waals surface area contributed by atoms with E-state index in [-0.39, 0.29) is 17.7 Å². The van der Waals surface area contributed by atoms with E-state index in [1.807, 2.05) is 19.1 Å². The van der Waals surface area contributed by atoms with Gasteiger partial charge in [0.05, 0.1) is 0 Å². The number of phenolic OH excluding ortho intramolecular Hbond substituents is 1. The molecule has 2 rings (SSSR count). The normalized spacial score (nSPS) is 19.0. The van der Waals surface area contributed by atoms with E-state index in [9.17, 15) is 9.90 Å². The van der Waals surface area contributed by atoms with Crippen LogP contribution in [0, 0.1) is 0 Å². The molecule has 1 aromatic carbocycles. The number of amides is 1. The highest BCUT2D eigenvalue weighted by atomic mass is 16.3. The van der Waals surface area contributed by atoms with Crippen LogP contribution in [0.5, 0.6) is 5.75 Å². The van der Waals surface area contributed by atoms with E-state index in [2.05, 4.69) is 10.3 Å². The van der Waals surface area contributed by atoms with Gasteiger partial charge in [-0.1, -0.05) is 25.5 Å². The van der Waals surface area contributed by atoms with E-state index >= 15 is 0 Å². The van der Waals surface area contributed by atoms with Gasteiger partial charge in [-0.15, -0.1) is 0 Å². The third-order valence-corrected chi connectivity index (χ3v) is 2.75. The molecule has 1 aliphatic heterocycles. The van der Waals surface area contributed by atoms with Crippen molar-refractivity contribution in [1.82, 2.24) is 5.32 Å². The number of carbonyl (C=O) groups excluding carboxylic acids is 1. The van der Waals surface area contributed by atoms with Crippen LogP contribution in [0.2, 0.25) is 0 Å². The van der Waals surface area contributed by atoms with Crippen LogP contribution in [0.4, 0.5) is 0 Å². The summed E-state index contributed by atoms with van der Waals surface area (Å²) in [5.74, 6) is 0.967. The average molecular weight is 232 g/mol. The molecule has 0 aromatic heterocycles. The van der Waals surface area contributed by atoms with E-state index < -0.39 is 0 Å². The molecule has 4 heteroatoms. The van der Waals surface area contributed by atoms with Crippen molar-refractivity contribution in [2.24, 2.45) is 4.99 Å². The number of aromatic hydroxyl groups is 1. The molecule has 0 saturated heterocycles. The maximum absolute atomic E-state index is 11.6. The van der Waals surface area contributed by atoms with Gasteiger partial charge in [0, 0.05) is 6.42 Å². The Kier molecular flexibility index (Phi) is 3.42. The number of nitrogens with one attached hydrogen (secondary N) is 1. The van der Waals surface area contributed by atoms with Crippen molar-refractivity contribution in [3.8, 4) is 5.75 Å². The molecule has 1 atom stereocenters. The summed E-state index contributed by atoms with van der Waals surface area (Å²) >= 11 is 0. The first-order valence-corrected chi connectivity index (χ1v) is 5.84. The summed E-state index contributed by atoms with van der Waals surface area (Å²) in [5, 5.41) is 12.0. The Bertz CT molecular complexity index is 437. The fourth-order valence-corrected chi connectivity index (χ4v) is 1.87. The molecule has 2 N–H and O–H groups in total. The number of benzene rings is 1. The highest BCUT2D eigenvalue weighted by Crippen LogP contribution is 2.13. The van der Waals surface area contributed by atoms with Gasteiger partial charge in [-0.05, 0) is 24.1 Å². The van der Waals surface area contributed by atoms with Gasteiger partial charge in [0.1, 0.15) is 17.6 Å². The molecule has 1 heterocycles. The highest BCUT2D eigenvalue weighted by molar-refractivity contribution is 6.06. The summed E-state index contributed by atoms with van der Waals surface area (Å²) in [6, 6.07) is 6.72. The molecular weight excluding hydrogens is 216 g/mol. The second-order valence-electron chi connectivity index (χ2n) is 4.21. The number of phenols is 1. The van der Waals surface area contributed by atoms with Crippen LogP contribution in [-0.4, -0.2) is 22.9 Å². The molecule has 1 aliphatic rings. The van der Waals surface area contributed by atoms with Crippen molar-refractivity contribution >= 4 is 11.7 Å². The minimum absolute atomic E-state index is 0.000582. The summed E-state index contributed by atoms with van der Waals surface area (Å²) in [7, 11) is 0. The van der Waals surface area contributed by atoms with Crippen molar-refractivity contribution in [1.29, 1.82) is 0 Å². The molecule has 1 amide bonds. The zero-order chi connectivity index (χ0) is 12.3. The van der Waals surface area contributed by atoms with Crippen molar-refractivity contribution < 1.29 is 9.90 Å². The van der Waals surface area contributed by atoms with Gasteiger partial charge >= 0.3 is 0 Å². The van der Waals surface area contributed by atoms with Gasteiger partial charge in [-0.3, -0.25) is 9.79 Å². The topological polar surface area (TPSA) is 61.7 Å². The van der Waals surface area contributed by atoms with Gasteiger partial charge in [0.2, 0.25) is 5.91 Å². The number of amidine groups is 1. The quantitative estimate of drug-likeness (QED) is 0.828. The first-order chi connectivity index (χ1) is 8.19. The molecular formula is C13H16N2O2. The predicted octanol–water partition coefficient (Wildman–Crippen LogP) is 1.63. The van der Waals surface area contributed by atoms with Crippen LogP contribution in [0.25, 0.3) is 0 Å². The fourth-order valence-electron chi connectivity index (χ4n) is 1.87. The number of hydrogen-bond donors (Lipinski definition) is 2. The van der Waals surface area contributed by atoms with Gasteiger partial charge in [-0.25, -0.2) is 0 Å². The molecule has 0 bridgehead atoms. The minimum atomic E-state index is -0.216. The van der Waals surface area contributed by atoms with Gasteiger partial charge < -0.3 is 10.4 Å². The first-order valence-electron chi connectivity index (χ1n) is 5.84. The van der Waals surface area contributed by atoms with Crippen molar-refractivity contribution in [3.05, 3.63) is 29.8 Å². The lowest BCUT2D eigenvalue weighted by atomic mass is 10.1. The Balaban J connectivity index is 2.02. The fraction of sp³-hybridized carbons (Fsp3) is 0.385. The molecule has 0 aliphatic carbocycles. The van der Waals surface area contributed by atoms with Gasteiger partial charge in [-0.2, -0.15) is 0 Å². The summed E-state index contributed by atoms with van der Waals surface area (Å²) < 4.78 is 0. The monoisotopic (exact) mass is 232 g/mol. The molecule has 1 unspecified atom stereocenters. The second-order valence-corrected chi connectivity index (χ2v) is 4.21. The van der Waals surface area contributed by atoms with E-state index in [0.29, 0.717) is 6.42 Å². The van der Waals surface area contributed by atoms with E-state index in [1.54, 1.807) is 12.1 Å². The third kappa shape index (κ3) is 2.84. The molecule has 0 fully saturated rings. The number of carbonyl (C=O) groups is 1. The Labute approximate surface area is 100 Å². The number of rotatable bonds is 4. The smallest absolute Gasteiger partial charge is 0.250 e. The summed E-state index contributed by atoms with van der Waals surface area (Å²) in [4.78, 5) is 15.9. The SMILES string of the molecule is CCCC1N=C(Cc2ccc(O)cc2)NC1=O. The lowest BCUT2D eigenvalue weighted by molar-refractivity contribution is -0.120. The van der Waals surface area contributed by atoms with Crippen molar-refractivity contribution in [3.63, 3.8) is 0 Å². The number of nitrogens with zero attached hydrogens (tertiary/aromatic N) is 1. The number of aliphatic imine (C=N–C) groups is 1. The zero-order valence-electron chi connectivity index (χ0n) is 9.81. The van der Waals surface area contributed by atoms with E-state index in [0.717, 1.165) is 24.2 Å². The zero-order valence-corrected chi connectivity index (χ0v) is 9.81. The Hall–Kier alpha value is -1.84. The van der Waals surface area contributed by atoms with E-state index in [4.69, 9.17) is 0 Å². The van der Waals surface area contributed by atoms with E-state index in [1.165, 1.54) is 0 Å². The Morgan fingerprint density at radius 1 is 1.35 bits per heavy atom. The van der Waals surface area contributed by atoms with Crippen LogP contribution in [0.15, 0.2) is 29.3 Å². The lowest BCUT2D eigenvalue weighted by Gasteiger charge is -2.01. The number of hydrogen-bond acceptors (Lipinski definition) is 3. The largest absolute Gasteiger partial charge is 0.508 e. The first kappa shape index (κ1) is 11.6. The second kappa shape index (κ2) is 4.99. The van der Waals surface area contributed by atoms with Gasteiger partial charge in [0.15, 0.2) is 0 Å². The summed E-state index contributed by atoms with van der Waals surface area (Å²) in [5.41, 5.74) is 1.03. The van der Waals surface area contributed by atoms with Crippen molar-refractivity contribution in [2.75, 3.05) is 0 Å². The molecule has 0 saturated carbocycles. The summed E-state index contributed by atoms with van der Waals surface area (Å²) in [6.45, 7) is 2.04. The van der Waals surface area contributed by atoms with Crippen LogP contribution >= 0.6 is 0 Å². The van der Waals surface area contributed by atoms with Crippen LogP contribution in [0.3, 0.4) is 0 Å². The highest BCUT2D eigenvalue weighted by Gasteiger charge is 2.24. The molecule has 0 spiro atoms. The van der Waals surface area contributed by atoms with Crippen LogP contribution in [0.1, 0.15) is 25.3 Å². The molecule has 17 heavy (non-hydrogen) atoms. The van der Waals surface area contributed by atoms with Crippen LogP contribution in [-0.2, 0) is 11.2 Å². The maximum Gasteiger partial charge on any atom is 0.250 e. The summed E-state index contributed by atoms with van der Waals surface area (Å²) in [6.07, 6.45) is 2.35. The molecule has 0 radical (unpaired) electrons. The predicted molar refractivity (Wildman–Crippen MR) is 66.1 cm³/mol. The third-order valence-electron chi connectivity index (χ3n) is 2.75. The van der Waals surface area contributed by atoms with Crippen molar-refractivity contribution in [2.45, 2.75) is 32.2 Å². The molecule has 4 nitrogen and oxygen atoms in total. The molecule has 1 aromatic rings.